The first-order chi connectivity index (χ1) is 26.3. The molecule has 248 valence electrons. The van der Waals surface area contributed by atoms with Crippen molar-refractivity contribution in [2.75, 3.05) is 4.90 Å². The predicted octanol–water partition coefficient (Wildman–Crippen LogP) is 14.0. The quantitative estimate of drug-likeness (QED) is 0.181. The highest BCUT2D eigenvalue weighted by Crippen LogP contribution is 2.50. The van der Waals surface area contributed by atoms with Crippen molar-refractivity contribution in [1.29, 1.82) is 0 Å². The molecule has 10 aromatic rings. The molecule has 0 bridgehead atoms. The van der Waals surface area contributed by atoms with Crippen LogP contribution in [0, 0.1) is 0 Å². The number of benzene rings is 9. The Morgan fingerprint density at radius 3 is 2.04 bits per heavy atom. The smallest absolute Gasteiger partial charge is 0.160 e. The van der Waals surface area contributed by atoms with E-state index >= 15 is 0 Å². The lowest BCUT2D eigenvalue weighted by Crippen LogP contribution is -2.10. The van der Waals surface area contributed by atoms with Crippen LogP contribution in [-0.4, -0.2) is 4.57 Å². The topological polar surface area (TPSA) is 17.4 Å². The first kappa shape index (κ1) is 29.6. The standard InChI is InChI=1S/C50H32N2O/c1-2-13-36-31-37(24-23-33(36)11-1)34-25-27-39(28-26-34)51(45-21-10-14-35-12-3-4-17-41(35)45)40-16-9-15-38(32-40)42-29-30-44-43-18-5-6-19-46(43)52-47-20-7-8-22-48(47)53-50(42)49(44)52/h1-32H. The zero-order valence-electron chi connectivity index (χ0n) is 28.8. The molecule has 0 unspecified atom stereocenters. The molecule has 2 heterocycles. The zero-order valence-corrected chi connectivity index (χ0v) is 28.8. The summed E-state index contributed by atoms with van der Waals surface area (Å²) < 4.78 is 9.21. The number of rotatable bonds is 5. The van der Waals surface area contributed by atoms with Gasteiger partial charge >= 0.3 is 0 Å². The number of nitrogens with zero attached hydrogens (tertiary/aromatic N) is 2. The lowest BCUT2D eigenvalue weighted by Gasteiger charge is -2.28. The van der Waals surface area contributed by atoms with Crippen LogP contribution in [0.4, 0.5) is 17.1 Å². The van der Waals surface area contributed by atoms with E-state index in [1.165, 1.54) is 49.0 Å². The fourth-order valence-electron chi connectivity index (χ4n) is 8.26. The van der Waals surface area contributed by atoms with E-state index in [0.29, 0.717) is 0 Å². The van der Waals surface area contributed by atoms with E-state index in [2.05, 4.69) is 198 Å². The Hall–Kier alpha value is -7.10. The largest absolute Gasteiger partial charge is 0.452 e. The molecule has 0 spiro atoms. The van der Waals surface area contributed by atoms with Crippen LogP contribution >= 0.6 is 0 Å². The average Bonchev–Trinajstić information content (AvgIpc) is 3.57. The van der Waals surface area contributed by atoms with E-state index in [-0.39, 0.29) is 0 Å². The first-order valence-electron chi connectivity index (χ1n) is 18.1. The van der Waals surface area contributed by atoms with Crippen molar-refractivity contribution in [2.45, 2.75) is 0 Å². The molecular formula is C50H32N2O. The average molecular weight is 677 g/mol. The van der Waals surface area contributed by atoms with Crippen molar-refractivity contribution in [1.82, 2.24) is 4.57 Å². The highest BCUT2D eigenvalue weighted by atomic mass is 16.5. The monoisotopic (exact) mass is 676 g/mol. The molecule has 1 aliphatic heterocycles. The molecule has 3 nitrogen and oxygen atoms in total. The summed E-state index contributed by atoms with van der Waals surface area (Å²) in [5.41, 5.74) is 11.2. The lowest BCUT2D eigenvalue weighted by molar-refractivity contribution is 0.478. The summed E-state index contributed by atoms with van der Waals surface area (Å²) in [5, 5.41) is 7.30. The molecule has 0 saturated heterocycles. The second-order valence-corrected chi connectivity index (χ2v) is 13.8. The lowest BCUT2D eigenvalue weighted by atomic mass is 9.99. The summed E-state index contributed by atoms with van der Waals surface area (Å²) in [4.78, 5) is 2.38. The van der Waals surface area contributed by atoms with E-state index in [9.17, 15) is 0 Å². The molecular weight excluding hydrogens is 645 g/mol. The minimum absolute atomic E-state index is 0.857. The van der Waals surface area contributed by atoms with Crippen LogP contribution in [0.15, 0.2) is 194 Å². The minimum Gasteiger partial charge on any atom is -0.452 e. The Bertz CT molecular complexity index is 3040. The number of hydrogen-bond acceptors (Lipinski definition) is 2. The van der Waals surface area contributed by atoms with E-state index in [1.807, 2.05) is 6.07 Å². The molecule has 0 aliphatic carbocycles. The van der Waals surface area contributed by atoms with Crippen LogP contribution in [0.25, 0.3) is 71.3 Å². The maximum atomic E-state index is 6.84. The number of ether oxygens (including phenoxy) is 1. The zero-order chi connectivity index (χ0) is 34.9. The van der Waals surface area contributed by atoms with Gasteiger partial charge in [0.2, 0.25) is 0 Å². The summed E-state index contributed by atoms with van der Waals surface area (Å²) in [7, 11) is 0. The number of aromatic nitrogens is 1. The maximum Gasteiger partial charge on any atom is 0.160 e. The molecule has 0 N–H and O–H groups in total. The molecule has 0 radical (unpaired) electrons. The summed E-state index contributed by atoms with van der Waals surface area (Å²) in [6.45, 7) is 0. The highest BCUT2D eigenvalue weighted by Gasteiger charge is 2.26. The molecule has 53 heavy (non-hydrogen) atoms. The Kier molecular flexibility index (Phi) is 6.55. The molecule has 0 atom stereocenters. The SMILES string of the molecule is c1cc(-c2ccc3c4ccccc4n4c3c2Oc2ccccc2-4)cc(N(c2ccc(-c3ccc4ccccc4c3)cc2)c2cccc3ccccc23)c1. The van der Waals surface area contributed by atoms with E-state index in [0.717, 1.165) is 50.9 Å². The van der Waals surface area contributed by atoms with Crippen LogP contribution < -0.4 is 9.64 Å². The van der Waals surface area contributed by atoms with Crippen LogP contribution in [0.2, 0.25) is 0 Å². The van der Waals surface area contributed by atoms with Crippen LogP contribution in [0.3, 0.4) is 0 Å². The van der Waals surface area contributed by atoms with Crippen LogP contribution in [0.1, 0.15) is 0 Å². The van der Waals surface area contributed by atoms with Gasteiger partial charge in [-0.3, -0.25) is 0 Å². The van der Waals surface area contributed by atoms with Gasteiger partial charge in [0.25, 0.3) is 0 Å². The van der Waals surface area contributed by atoms with Gasteiger partial charge in [0.15, 0.2) is 11.5 Å². The van der Waals surface area contributed by atoms with Crippen molar-refractivity contribution in [2.24, 2.45) is 0 Å². The molecule has 0 amide bonds. The summed E-state index contributed by atoms with van der Waals surface area (Å²) >= 11 is 0. The Morgan fingerprint density at radius 1 is 0.415 bits per heavy atom. The third-order valence-corrected chi connectivity index (χ3v) is 10.7. The van der Waals surface area contributed by atoms with Crippen molar-refractivity contribution in [3.8, 4) is 39.4 Å². The molecule has 9 aromatic carbocycles. The number of para-hydroxylation sites is 3. The third kappa shape index (κ3) is 4.68. The van der Waals surface area contributed by atoms with Gasteiger partial charge in [0, 0.05) is 33.1 Å². The van der Waals surface area contributed by atoms with Crippen LogP contribution in [0.5, 0.6) is 11.5 Å². The Balaban J connectivity index is 1.08. The van der Waals surface area contributed by atoms with Crippen molar-refractivity contribution >= 4 is 60.4 Å². The highest BCUT2D eigenvalue weighted by molar-refractivity contribution is 6.14. The summed E-state index contributed by atoms with van der Waals surface area (Å²) in [6, 6.07) is 69.7. The normalized spacial score (nSPS) is 11.9. The minimum atomic E-state index is 0.857. The summed E-state index contributed by atoms with van der Waals surface area (Å²) in [6.07, 6.45) is 0. The van der Waals surface area contributed by atoms with Crippen LogP contribution in [-0.2, 0) is 0 Å². The van der Waals surface area contributed by atoms with Gasteiger partial charge in [-0.1, -0.05) is 133 Å². The molecule has 1 aromatic heterocycles. The van der Waals surface area contributed by atoms with Gasteiger partial charge in [0.05, 0.1) is 22.4 Å². The fourth-order valence-corrected chi connectivity index (χ4v) is 8.26. The number of anilines is 3. The molecule has 0 saturated carbocycles. The van der Waals surface area contributed by atoms with Crippen molar-refractivity contribution in [3.05, 3.63) is 194 Å². The number of fused-ring (bicyclic) bond motifs is 7. The molecule has 1 aliphatic rings. The van der Waals surface area contributed by atoms with Gasteiger partial charge in [-0.2, -0.15) is 0 Å². The second kappa shape index (κ2) is 11.7. The maximum absolute atomic E-state index is 6.84. The predicted molar refractivity (Wildman–Crippen MR) is 221 cm³/mol. The molecule has 11 rings (SSSR count). The first-order valence-corrected chi connectivity index (χ1v) is 18.1. The van der Waals surface area contributed by atoms with Gasteiger partial charge in [0.1, 0.15) is 0 Å². The summed E-state index contributed by atoms with van der Waals surface area (Å²) in [5.74, 6) is 1.74. The van der Waals surface area contributed by atoms with Gasteiger partial charge in [-0.15, -0.1) is 0 Å². The van der Waals surface area contributed by atoms with E-state index in [4.69, 9.17) is 4.74 Å². The van der Waals surface area contributed by atoms with Crippen molar-refractivity contribution in [3.63, 3.8) is 0 Å². The fraction of sp³-hybridized carbons (Fsp3) is 0. The van der Waals surface area contributed by atoms with Crippen molar-refractivity contribution < 1.29 is 4.74 Å². The Morgan fingerprint density at radius 2 is 1.13 bits per heavy atom. The third-order valence-electron chi connectivity index (χ3n) is 10.7. The molecule has 0 fully saturated rings. The van der Waals surface area contributed by atoms with Gasteiger partial charge < -0.3 is 14.2 Å². The van der Waals surface area contributed by atoms with E-state index in [1.54, 1.807) is 0 Å². The van der Waals surface area contributed by atoms with E-state index < -0.39 is 0 Å². The van der Waals surface area contributed by atoms with Gasteiger partial charge in [-0.05, 0) is 93.5 Å². The van der Waals surface area contributed by atoms with Gasteiger partial charge in [-0.25, -0.2) is 0 Å². The molecule has 3 heteroatoms. The second-order valence-electron chi connectivity index (χ2n) is 13.8. The number of hydrogen-bond donors (Lipinski definition) is 0. The Labute approximate surface area is 307 Å².